The van der Waals surface area contributed by atoms with Crippen molar-refractivity contribution in [3.63, 3.8) is 0 Å². The zero-order chi connectivity index (χ0) is 15.0. The van der Waals surface area contributed by atoms with E-state index in [1.807, 2.05) is 11.8 Å². The fourth-order valence-electron chi connectivity index (χ4n) is 2.03. The summed E-state index contributed by atoms with van der Waals surface area (Å²) in [7, 11) is 0. The molecule has 0 saturated heterocycles. The second-order valence-corrected chi connectivity index (χ2v) is 5.01. The summed E-state index contributed by atoms with van der Waals surface area (Å²) in [6, 6.07) is 1.80. The van der Waals surface area contributed by atoms with Crippen LogP contribution in [0.2, 0.25) is 0 Å². The van der Waals surface area contributed by atoms with Crippen LogP contribution in [0, 0.1) is 6.92 Å². The van der Waals surface area contributed by atoms with Crippen molar-refractivity contribution < 1.29 is 4.79 Å². The molecule has 0 aliphatic heterocycles. The maximum atomic E-state index is 12.6. The van der Waals surface area contributed by atoms with Gasteiger partial charge in [-0.3, -0.25) is 15.6 Å². The molecule has 0 spiro atoms. The number of amides is 1. The molecule has 0 unspecified atom stereocenters. The van der Waals surface area contributed by atoms with Crippen molar-refractivity contribution in [3.8, 4) is 0 Å². The minimum Gasteiger partial charge on any atom is -0.339 e. The molecule has 0 aromatic carbocycles. The van der Waals surface area contributed by atoms with E-state index in [1.54, 1.807) is 12.3 Å². The number of nitrogens with two attached hydrogens (primary N) is 1. The average Bonchev–Trinajstić information content (AvgIpc) is 2.46. The minimum atomic E-state index is 0.00681. The molecule has 0 fully saturated rings. The molecule has 1 aromatic rings. The van der Waals surface area contributed by atoms with E-state index in [2.05, 4.69) is 24.3 Å². The number of aromatic nitrogens is 1. The van der Waals surface area contributed by atoms with Crippen LogP contribution >= 0.6 is 0 Å². The molecule has 5 nitrogen and oxygen atoms in total. The van der Waals surface area contributed by atoms with Crippen molar-refractivity contribution in [2.45, 2.75) is 46.5 Å². The van der Waals surface area contributed by atoms with Gasteiger partial charge < -0.3 is 10.3 Å². The summed E-state index contributed by atoms with van der Waals surface area (Å²) in [6.07, 6.45) is 5.78. The predicted octanol–water partition coefficient (Wildman–Crippen LogP) is 2.72. The molecular formula is C15H26N4O. The smallest absolute Gasteiger partial charge is 0.257 e. The number of anilines is 1. The molecule has 0 aliphatic carbocycles. The molecule has 5 heteroatoms. The van der Waals surface area contributed by atoms with Gasteiger partial charge in [0.1, 0.15) is 0 Å². The minimum absolute atomic E-state index is 0.00681. The molecule has 1 aromatic heterocycles. The number of unbranched alkanes of at least 4 members (excludes halogenated alkanes) is 2. The molecule has 112 valence electrons. The number of nitrogens with zero attached hydrogens (tertiary/aromatic N) is 2. The second-order valence-electron chi connectivity index (χ2n) is 5.01. The lowest BCUT2D eigenvalue weighted by molar-refractivity contribution is 0.0751. The van der Waals surface area contributed by atoms with Crippen LogP contribution in [0.15, 0.2) is 12.3 Å². The molecule has 1 heterocycles. The van der Waals surface area contributed by atoms with E-state index >= 15 is 0 Å². The topological polar surface area (TPSA) is 71.2 Å². The summed E-state index contributed by atoms with van der Waals surface area (Å²) in [5.41, 5.74) is 4.62. The zero-order valence-corrected chi connectivity index (χ0v) is 12.8. The van der Waals surface area contributed by atoms with Gasteiger partial charge >= 0.3 is 0 Å². The van der Waals surface area contributed by atoms with Gasteiger partial charge in [-0.1, -0.05) is 26.7 Å². The van der Waals surface area contributed by atoms with Gasteiger partial charge in [-0.2, -0.15) is 0 Å². The molecule has 0 bridgehead atoms. The number of carbonyl (C=O) groups excluding carboxylic acids is 1. The number of hydrazine groups is 1. The summed E-state index contributed by atoms with van der Waals surface area (Å²) >= 11 is 0. The molecule has 0 atom stereocenters. The predicted molar refractivity (Wildman–Crippen MR) is 82.5 cm³/mol. The largest absolute Gasteiger partial charge is 0.339 e. The lowest BCUT2D eigenvalue weighted by Crippen LogP contribution is -2.33. The van der Waals surface area contributed by atoms with Crippen LogP contribution in [-0.4, -0.2) is 28.9 Å². The molecule has 0 saturated carbocycles. The third-order valence-corrected chi connectivity index (χ3v) is 3.28. The van der Waals surface area contributed by atoms with E-state index in [1.165, 1.54) is 0 Å². The van der Waals surface area contributed by atoms with Crippen molar-refractivity contribution in [3.05, 3.63) is 23.5 Å². The Hall–Kier alpha value is -1.62. The SMILES string of the molecule is CCCCN(CCCC)C(=O)c1cnc(C)cc1NN. The quantitative estimate of drug-likeness (QED) is 0.566. The van der Waals surface area contributed by atoms with Crippen molar-refractivity contribution in [2.24, 2.45) is 5.84 Å². The van der Waals surface area contributed by atoms with Crippen LogP contribution in [0.4, 0.5) is 5.69 Å². The van der Waals surface area contributed by atoms with Crippen LogP contribution < -0.4 is 11.3 Å². The number of carbonyl (C=O) groups is 1. The highest BCUT2D eigenvalue weighted by Gasteiger charge is 2.18. The third kappa shape index (κ3) is 4.49. The molecule has 0 radical (unpaired) electrons. The number of hydrogen-bond acceptors (Lipinski definition) is 4. The van der Waals surface area contributed by atoms with Gasteiger partial charge in [0.05, 0.1) is 11.3 Å². The summed E-state index contributed by atoms with van der Waals surface area (Å²) in [6.45, 7) is 7.70. The zero-order valence-electron chi connectivity index (χ0n) is 12.8. The maximum absolute atomic E-state index is 12.6. The molecule has 3 N–H and O–H groups in total. The summed E-state index contributed by atoms with van der Waals surface area (Å²) in [4.78, 5) is 18.7. The van der Waals surface area contributed by atoms with Crippen LogP contribution in [0.25, 0.3) is 0 Å². The first-order valence-electron chi connectivity index (χ1n) is 7.36. The van der Waals surface area contributed by atoms with Crippen LogP contribution in [-0.2, 0) is 0 Å². The van der Waals surface area contributed by atoms with E-state index in [9.17, 15) is 4.79 Å². The normalized spacial score (nSPS) is 10.4. The lowest BCUT2D eigenvalue weighted by Gasteiger charge is -2.23. The Kier molecular flexibility index (Phi) is 7.01. The van der Waals surface area contributed by atoms with Crippen molar-refractivity contribution in [1.29, 1.82) is 0 Å². The first-order valence-corrected chi connectivity index (χ1v) is 7.36. The lowest BCUT2D eigenvalue weighted by atomic mass is 10.1. The first kappa shape index (κ1) is 16.4. The van der Waals surface area contributed by atoms with Crippen molar-refractivity contribution in [2.75, 3.05) is 18.5 Å². The van der Waals surface area contributed by atoms with Crippen LogP contribution in [0.3, 0.4) is 0 Å². The van der Waals surface area contributed by atoms with E-state index in [0.29, 0.717) is 11.3 Å². The van der Waals surface area contributed by atoms with Gasteiger partial charge in [-0.25, -0.2) is 0 Å². The van der Waals surface area contributed by atoms with Gasteiger partial charge in [0, 0.05) is 25.0 Å². The summed E-state index contributed by atoms with van der Waals surface area (Å²) in [5.74, 6) is 5.52. The highest BCUT2D eigenvalue weighted by Crippen LogP contribution is 2.17. The van der Waals surface area contributed by atoms with Crippen molar-refractivity contribution >= 4 is 11.6 Å². The van der Waals surface area contributed by atoms with Crippen molar-refractivity contribution in [1.82, 2.24) is 9.88 Å². The number of pyridine rings is 1. The maximum Gasteiger partial charge on any atom is 0.257 e. The number of nitrogens with one attached hydrogen (secondary N) is 1. The fraction of sp³-hybridized carbons (Fsp3) is 0.600. The van der Waals surface area contributed by atoms with Gasteiger partial charge in [-0.05, 0) is 25.8 Å². The molecule has 0 aliphatic rings. The Bertz CT molecular complexity index is 426. The Labute approximate surface area is 121 Å². The summed E-state index contributed by atoms with van der Waals surface area (Å²) < 4.78 is 0. The summed E-state index contributed by atoms with van der Waals surface area (Å²) in [5, 5.41) is 0. The van der Waals surface area contributed by atoms with E-state index in [-0.39, 0.29) is 5.91 Å². The van der Waals surface area contributed by atoms with Gasteiger partial charge in [0.15, 0.2) is 0 Å². The van der Waals surface area contributed by atoms with Gasteiger partial charge in [0.2, 0.25) is 0 Å². The van der Waals surface area contributed by atoms with Crippen LogP contribution in [0.5, 0.6) is 0 Å². The number of nitrogen functional groups attached to an aromatic ring is 1. The Morgan fingerprint density at radius 1 is 1.30 bits per heavy atom. The molecule has 1 rings (SSSR count). The van der Waals surface area contributed by atoms with E-state index < -0.39 is 0 Å². The van der Waals surface area contributed by atoms with Crippen LogP contribution in [0.1, 0.15) is 55.6 Å². The Morgan fingerprint density at radius 2 is 1.90 bits per heavy atom. The highest BCUT2D eigenvalue weighted by atomic mass is 16.2. The standard InChI is InChI=1S/C15H26N4O/c1-4-6-8-19(9-7-5-2)15(20)13-11-17-12(3)10-14(13)18-16/h10-11H,4-9,16H2,1-3H3,(H,17,18). The molecule has 1 amide bonds. The average molecular weight is 278 g/mol. The number of rotatable bonds is 8. The van der Waals surface area contributed by atoms with E-state index in [0.717, 1.165) is 44.5 Å². The first-order chi connectivity index (χ1) is 9.63. The number of aryl methyl sites for hydroxylation is 1. The third-order valence-electron chi connectivity index (χ3n) is 3.28. The fourth-order valence-corrected chi connectivity index (χ4v) is 2.03. The Balaban J connectivity index is 2.92. The second kappa shape index (κ2) is 8.53. The van der Waals surface area contributed by atoms with Gasteiger partial charge in [0.25, 0.3) is 5.91 Å². The Morgan fingerprint density at radius 3 is 2.40 bits per heavy atom. The molecule has 20 heavy (non-hydrogen) atoms. The number of hydrogen-bond donors (Lipinski definition) is 2. The van der Waals surface area contributed by atoms with E-state index in [4.69, 9.17) is 5.84 Å². The molecular weight excluding hydrogens is 252 g/mol. The van der Waals surface area contributed by atoms with Gasteiger partial charge in [-0.15, -0.1) is 0 Å². The monoisotopic (exact) mass is 278 g/mol. The highest BCUT2D eigenvalue weighted by molar-refractivity contribution is 5.99.